The molecular formula is C18H13N3O4S. The van der Waals surface area contributed by atoms with Gasteiger partial charge in [0.05, 0.1) is 5.56 Å². The van der Waals surface area contributed by atoms with Gasteiger partial charge in [0.2, 0.25) is 5.89 Å². The molecule has 26 heavy (non-hydrogen) atoms. The first-order valence-electron chi connectivity index (χ1n) is 7.56. The second kappa shape index (κ2) is 7.63. The number of oxazole rings is 1. The fourth-order valence-electron chi connectivity index (χ4n) is 2.15. The number of thiophene rings is 1. The van der Waals surface area contributed by atoms with Gasteiger partial charge in [-0.05, 0) is 30.5 Å². The fourth-order valence-corrected chi connectivity index (χ4v) is 2.90. The molecule has 1 amide bonds. The van der Waals surface area contributed by atoms with Gasteiger partial charge in [0.25, 0.3) is 5.91 Å². The van der Waals surface area contributed by atoms with Gasteiger partial charge in [-0.15, -0.1) is 11.3 Å². The summed E-state index contributed by atoms with van der Waals surface area (Å²) in [7, 11) is 0. The van der Waals surface area contributed by atoms with Gasteiger partial charge in [0.15, 0.2) is 12.3 Å². The smallest absolute Gasteiger partial charge is 0.361 e. The molecule has 1 N–H and O–H groups in total. The predicted octanol–water partition coefficient (Wildman–Crippen LogP) is 3.38. The van der Waals surface area contributed by atoms with Crippen LogP contribution in [0.15, 0.2) is 46.2 Å². The number of hydrogen-bond donors (Lipinski definition) is 1. The van der Waals surface area contributed by atoms with Crippen molar-refractivity contribution in [3.05, 3.63) is 58.8 Å². The Balaban J connectivity index is 1.63. The molecule has 0 saturated carbocycles. The van der Waals surface area contributed by atoms with Crippen LogP contribution >= 0.6 is 11.3 Å². The van der Waals surface area contributed by atoms with Crippen LogP contribution in [0.4, 0.5) is 5.00 Å². The predicted molar refractivity (Wildman–Crippen MR) is 94.6 cm³/mol. The van der Waals surface area contributed by atoms with Gasteiger partial charge in [-0.1, -0.05) is 18.2 Å². The number of nitrogens with zero attached hydrogens (tertiary/aromatic N) is 2. The number of amides is 1. The molecule has 2 heterocycles. The maximum Gasteiger partial charge on any atom is 0.361 e. The number of aryl methyl sites for hydroxylation is 1. The molecule has 0 radical (unpaired) electrons. The van der Waals surface area contributed by atoms with Crippen LogP contribution in [0, 0.1) is 18.3 Å². The Labute approximate surface area is 152 Å². The van der Waals surface area contributed by atoms with E-state index in [2.05, 4.69) is 10.3 Å². The highest BCUT2D eigenvalue weighted by molar-refractivity contribution is 7.14. The zero-order valence-electron chi connectivity index (χ0n) is 13.7. The van der Waals surface area contributed by atoms with Gasteiger partial charge >= 0.3 is 5.97 Å². The lowest BCUT2D eigenvalue weighted by molar-refractivity contribution is -0.119. The lowest BCUT2D eigenvalue weighted by atomic mass is 10.2. The van der Waals surface area contributed by atoms with Gasteiger partial charge in [-0.25, -0.2) is 9.78 Å². The van der Waals surface area contributed by atoms with Gasteiger partial charge in [-0.3, -0.25) is 4.79 Å². The topological polar surface area (TPSA) is 105 Å². The van der Waals surface area contributed by atoms with Crippen LogP contribution in [-0.2, 0) is 9.53 Å². The second-order valence-electron chi connectivity index (χ2n) is 5.19. The SMILES string of the molecule is Cc1oc(-c2ccccc2)nc1C(=O)OCC(=O)Nc1sccc1C#N. The van der Waals surface area contributed by atoms with Crippen molar-refractivity contribution >= 4 is 28.2 Å². The minimum atomic E-state index is -0.754. The largest absolute Gasteiger partial charge is 0.451 e. The van der Waals surface area contributed by atoms with Gasteiger partial charge in [0.1, 0.15) is 16.8 Å². The maximum absolute atomic E-state index is 12.2. The molecule has 7 nitrogen and oxygen atoms in total. The minimum absolute atomic E-state index is 0.0190. The minimum Gasteiger partial charge on any atom is -0.451 e. The van der Waals surface area contributed by atoms with E-state index in [0.29, 0.717) is 22.2 Å². The average Bonchev–Trinajstić information content (AvgIpc) is 3.26. The summed E-state index contributed by atoms with van der Waals surface area (Å²) >= 11 is 1.21. The summed E-state index contributed by atoms with van der Waals surface area (Å²) in [4.78, 5) is 28.2. The second-order valence-corrected chi connectivity index (χ2v) is 6.11. The summed E-state index contributed by atoms with van der Waals surface area (Å²) < 4.78 is 10.5. The first kappa shape index (κ1) is 17.4. The Morgan fingerprint density at radius 2 is 2.08 bits per heavy atom. The van der Waals surface area contributed by atoms with Crippen molar-refractivity contribution in [2.45, 2.75) is 6.92 Å². The Morgan fingerprint density at radius 1 is 1.31 bits per heavy atom. The van der Waals surface area contributed by atoms with E-state index in [1.807, 2.05) is 36.4 Å². The zero-order chi connectivity index (χ0) is 18.5. The third-order valence-electron chi connectivity index (χ3n) is 3.38. The van der Waals surface area contributed by atoms with Crippen molar-refractivity contribution in [3.8, 4) is 17.5 Å². The van der Waals surface area contributed by atoms with E-state index in [9.17, 15) is 9.59 Å². The quantitative estimate of drug-likeness (QED) is 0.693. The zero-order valence-corrected chi connectivity index (χ0v) is 14.5. The van der Waals surface area contributed by atoms with Crippen molar-refractivity contribution in [2.75, 3.05) is 11.9 Å². The van der Waals surface area contributed by atoms with E-state index in [4.69, 9.17) is 14.4 Å². The van der Waals surface area contributed by atoms with Crippen LogP contribution in [0.5, 0.6) is 0 Å². The van der Waals surface area contributed by atoms with Crippen molar-refractivity contribution in [1.82, 2.24) is 4.98 Å². The van der Waals surface area contributed by atoms with Crippen molar-refractivity contribution < 1.29 is 18.7 Å². The third-order valence-corrected chi connectivity index (χ3v) is 4.21. The van der Waals surface area contributed by atoms with Crippen LogP contribution in [0.25, 0.3) is 11.5 Å². The molecule has 3 aromatic rings. The molecule has 0 aliphatic rings. The van der Waals surface area contributed by atoms with Crippen molar-refractivity contribution in [3.63, 3.8) is 0 Å². The summed E-state index contributed by atoms with van der Waals surface area (Å²) in [6, 6.07) is 12.7. The molecule has 0 aliphatic carbocycles. The van der Waals surface area contributed by atoms with E-state index in [1.165, 1.54) is 11.3 Å². The lowest BCUT2D eigenvalue weighted by Gasteiger charge is -2.04. The molecule has 0 unspecified atom stereocenters. The molecule has 2 aromatic heterocycles. The van der Waals surface area contributed by atoms with Crippen LogP contribution in [0.3, 0.4) is 0 Å². The number of nitrogens with one attached hydrogen (secondary N) is 1. The Morgan fingerprint density at radius 3 is 2.81 bits per heavy atom. The molecule has 130 valence electrons. The van der Waals surface area contributed by atoms with E-state index in [0.717, 1.165) is 5.56 Å². The molecule has 8 heteroatoms. The molecule has 0 saturated heterocycles. The molecule has 1 aromatic carbocycles. The molecule has 0 atom stereocenters. The number of benzene rings is 1. The Bertz CT molecular complexity index is 986. The number of rotatable bonds is 5. The molecule has 0 fully saturated rings. The highest BCUT2D eigenvalue weighted by Gasteiger charge is 2.20. The fraction of sp³-hybridized carbons (Fsp3) is 0.111. The highest BCUT2D eigenvalue weighted by Crippen LogP contribution is 2.23. The number of ether oxygens (including phenoxy) is 1. The van der Waals surface area contributed by atoms with Crippen molar-refractivity contribution in [1.29, 1.82) is 5.26 Å². The number of aromatic nitrogens is 1. The summed E-state index contributed by atoms with van der Waals surface area (Å²) in [5, 5.41) is 13.5. The number of hydrogen-bond acceptors (Lipinski definition) is 7. The Kier molecular flexibility index (Phi) is 5.10. The average molecular weight is 367 g/mol. The number of carbonyl (C=O) groups excluding carboxylic acids is 2. The van der Waals surface area contributed by atoms with Gasteiger partial charge in [0, 0.05) is 5.56 Å². The van der Waals surface area contributed by atoms with E-state index >= 15 is 0 Å². The lowest BCUT2D eigenvalue weighted by Crippen LogP contribution is -2.21. The third kappa shape index (κ3) is 3.79. The summed E-state index contributed by atoms with van der Waals surface area (Å²) in [6.45, 7) is 1.11. The van der Waals surface area contributed by atoms with Crippen LogP contribution in [0.1, 0.15) is 21.8 Å². The molecule has 0 bridgehead atoms. The van der Waals surface area contributed by atoms with Gasteiger partial charge < -0.3 is 14.5 Å². The summed E-state index contributed by atoms with van der Waals surface area (Å²) in [5.74, 6) is -0.687. The molecule has 3 rings (SSSR count). The van der Waals surface area contributed by atoms with E-state index < -0.39 is 18.5 Å². The Hall–Kier alpha value is -3.44. The standard InChI is InChI=1S/C18H13N3O4S/c1-11-15(21-16(25-11)12-5-3-2-4-6-12)18(23)24-10-14(22)20-17-13(9-19)7-8-26-17/h2-8H,10H2,1H3,(H,20,22). The first-order valence-corrected chi connectivity index (χ1v) is 8.44. The highest BCUT2D eigenvalue weighted by atomic mass is 32.1. The monoisotopic (exact) mass is 367 g/mol. The van der Waals surface area contributed by atoms with Crippen LogP contribution in [-0.4, -0.2) is 23.5 Å². The van der Waals surface area contributed by atoms with E-state index in [1.54, 1.807) is 18.4 Å². The summed E-state index contributed by atoms with van der Waals surface area (Å²) in [5.41, 5.74) is 1.11. The van der Waals surface area contributed by atoms with E-state index in [-0.39, 0.29) is 5.69 Å². The van der Waals surface area contributed by atoms with Crippen LogP contribution in [0.2, 0.25) is 0 Å². The van der Waals surface area contributed by atoms with Gasteiger partial charge in [-0.2, -0.15) is 5.26 Å². The molecular weight excluding hydrogens is 354 g/mol. The number of nitriles is 1. The number of anilines is 1. The first-order chi connectivity index (χ1) is 12.6. The molecule has 0 spiro atoms. The molecule has 0 aliphatic heterocycles. The van der Waals surface area contributed by atoms with Crippen molar-refractivity contribution in [2.24, 2.45) is 0 Å². The number of esters is 1. The number of carbonyl (C=O) groups is 2. The normalized spacial score (nSPS) is 10.2. The maximum atomic E-state index is 12.2. The van der Waals surface area contributed by atoms with Crippen LogP contribution < -0.4 is 5.32 Å². The summed E-state index contributed by atoms with van der Waals surface area (Å²) in [6.07, 6.45) is 0.